The van der Waals surface area contributed by atoms with Crippen molar-refractivity contribution in [1.82, 2.24) is 9.80 Å². The lowest BCUT2D eigenvalue weighted by Gasteiger charge is -2.21. The maximum absolute atomic E-state index is 12.1. The second-order valence-corrected chi connectivity index (χ2v) is 4.99. The van der Waals surface area contributed by atoms with Crippen LogP contribution in [0.25, 0.3) is 0 Å². The molecule has 0 radical (unpaired) electrons. The van der Waals surface area contributed by atoms with Crippen LogP contribution in [0.15, 0.2) is 22.8 Å². The number of esters is 1. The van der Waals surface area contributed by atoms with Crippen molar-refractivity contribution in [1.29, 1.82) is 0 Å². The van der Waals surface area contributed by atoms with Gasteiger partial charge in [-0.15, -0.1) is 0 Å². The molecule has 7 nitrogen and oxygen atoms in total. The molecule has 0 N–H and O–H groups in total. The van der Waals surface area contributed by atoms with Crippen LogP contribution in [0.4, 0.5) is 0 Å². The van der Waals surface area contributed by atoms with E-state index >= 15 is 0 Å². The Bertz CT molecular complexity index is 525. The van der Waals surface area contributed by atoms with Crippen LogP contribution in [0.2, 0.25) is 0 Å². The molecule has 2 amide bonds. The highest BCUT2D eigenvalue weighted by Crippen LogP contribution is 2.17. The summed E-state index contributed by atoms with van der Waals surface area (Å²) in [5.74, 6) is -0.921. The third-order valence-electron chi connectivity index (χ3n) is 3.53. The van der Waals surface area contributed by atoms with Gasteiger partial charge in [-0.05, 0) is 18.6 Å². The minimum Gasteiger partial charge on any atom is -0.469 e. The van der Waals surface area contributed by atoms with Gasteiger partial charge in [0.05, 0.1) is 25.8 Å². The number of likely N-dealkylation sites (tertiary alicyclic amines) is 1. The second kappa shape index (κ2) is 6.43. The van der Waals surface area contributed by atoms with Crippen LogP contribution in [0.3, 0.4) is 0 Å². The molecule has 2 heterocycles. The van der Waals surface area contributed by atoms with Gasteiger partial charge in [0.15, 0.2) is 5.76 Å². The van der Waals surface area contributed by atoms with Gasteiger partial charge < -0.3 is 19.0 Å². The van der Waals surface area contributed by atoms with E-state index in [1.54, 1.807) is 17.0 Å². The molecule has 1 aromatic heterocycles. The van der Waals surface area contributed by atoms with Crippen molar-refractivity contribution in [2.24, 2.45) is 5.92 Å². The minimum absolute atomic E-state index is 0.0482. The summed E-state index contributed by atoms with van der Waals surface area (Å²) < 4.78 is 9.69. The van der Waals surface area contributed by atoms with Gasteiger partial charge in [-0.25, -0.2) is 0 Å². The molecule has 1 aromatic rings. The summed E-state index contributed by atoms with van der Waals surface area (Å²) in [4.78, 5) is 38.4. The normalized spacial score (nSPS) is 17.6. The van der Waals surface area contributed by atoms with E-state index in [-0.39, 0.29) is 36.0 Å². The van der Waals surface area contributed by atoms with E-state index in [2.05, 4.69) is 4.74 Å². The van der Waals surface area contributed by atoms with E-state index in [1.807, 2.05) is 0 Å². The molecule has 0 aromatic carbocycles. The van der Waals surface area contributed by atoms with Crippen LogP contribution in [0.1, 0.15) is 17.0 Å². The Morgan fingerprint density at radius 2 is 2.24 bits per heavy atom. The topological polar surface area (TPSA) is 80.1 Å². The predicted octanol–water partition coefficient (Wildman–Crippen LogP) is 0.373. The van der Waals surface area contributed by atoms with Crippen LogP contribution in [0.5, 0.6) is 0 Å². The lowest BCUT2D eigenvalue weighted by molar-refractivity contribution is -0.145. The standard InChI is InChI=1S/C14H18N2O5/c1-15(13(18)11-4-3-7-21-11)9-12(17)16-6-5-10(8-16)14(19)20-2/h3-4,7,10H,5-6,8-9H2,1-2H3. The maximum atomic E-state index is 12.1. The molecule has 21 heavy (non-hydrogen) atoms. The Morgan fingerprint density at radius 3 is 2.86 bits per heavy atom. The van der Waals surface area contributed by atoms with Crippen molar-refractivity contribution >= 4 is 17.8 Å². The van der Waals surface area contributed by atoms with Crippen molar-refractivity contribution in [2.75, 3.05) is 33.8 Å². The van der Waals surface area contributed by atoms with E-state index in [9.17, 15) is 14.4 Å². The van der Waals surface area contributed by atoms with Crippen LogP contribution in [-0.4, -0.2) is 61.4 Å². The van der Waals surface area contributed by atoms with E-state index in [4.69, 9.17) is 4.42 Å². The number of hydrogen-bond donors (Lipinski definition) is 0. The molecule has 1 atom stereocenters. The van der Waals surface area contributed by atoms with Gasteiger partial charge in [0.2, 0.25) is 5.91 Å². The summed E-state index contributed by atoms with van der Waals surface area (Å²) in [7, 11) is 2.87. The van der Waals surface area contributed by atoms with Crippen molar-refractivity contribution in [2.45, 2.75) is 6.42 Å². The molecule has 2 rings (SSSR count). The summed E-state index contributed by atoms with van der Waals surface area (Å²) in [5.41, 5.74) is 0. The quantitative estimate of drug-likeness (QED) is 0.750. The molecule has 1 aliphatic rings. The maximum Gasteiger partial charge on any atom is 0.310 e. The monoisotopic (exact) mass is 294 g/mol. The van der Waals surface area contributed by atoms with Crippen molar-refractivity contribution in [3.05, 3.63) is 24.2 Å². The number of nitrogens with zero attached hydrogens (tertiary/aromatic N) is 2. The summed E-state index contributed by atoms with van der Waals surface area (Å²) in [5, 5.41) is 0. The molecule has 0 bridgehead atoms. The molecule has 0 saturated carbocycles. The van der Waals surface area contributed by atoms with Gasteiger partial charge in [0.1, 0.15) is 0 Å². The Morgan fingerprint density at radius 1 is 1.48 bits per heavy atom. The van der Waals surface area contributed by atoms with E-state index in [0.29, 0.717) is 19.5 Å². The number of rotatable bonds is 4. The number of methoxy groups -OCH3 is 1. The van der Waals surface area contributed by atoms with Crippen molar-refractivity contribution < 1.29 is 23.5 Å². The van der Waals surface area contributed by atoms with Gasteiger partial charge in [0, 0.05) is 20.1 Å². The molecule has 1 unspecified atom stereocenters. The number of carbonyl (C=O) groups excluding carboxylic acids is 3. The molecule has 114 valence electrons. The zero-order valence-corrected chi connectivity index (χ0v) is 12.1. The Kier molecular flexibility index (Phi) is 4.62. The van der Waals surface area contributed by atoms with Crippen molar-refractivity contribution in [3.8, 4) is 0 Å². The molecular formula is C14H18N2O5. The summed E-state index contributed by atoms with van der Waals surface area (Å²) in [6, 6.07) is 3.16. The smallest absolute Gasteiger partial charge is 0.310 e. The first-order chi connectivity index (χ1) is 10.0. The first kappa shape index (κ1) is 15.1. The third-order valence-corrected chi connectivity index (χ3v) is 3.53. The largest absolute Gasteiger partial charge is 0.469 e. The number of amides is 2. The van der Waals surface area contributed by atoms with E-state index in [0.717, 1.165) is 0 Å². The number of likely N-dealkylation sites (N-methyl/N-ethyl adjacent to an activating group) is 1. The number of furan rings is 1. The average molecular weight is 294 g/mol. The molecular weight excluding hydrogens is 276 g/mol. The predicted molar refractivity (Wildman–Crippen MR) is 72.4 cm³/mol. The van der Waals surface area contributed by atoms with Gasteiger partial charge in [-0.2, -0.15) is 0 Å². The fourth-order valence-electron chi connectivity index (χ4n) is 2.31. The Labute approximate surface area is 122 Å². The number of hydrogen-bond acceptors (Lipinski definition) is 5. The summed E-state index contributed by atoms with van der Waals surface area (Å²) >= 11 is 0. The molecule has 1 aliphatic heterocycles. The average Bonchev–Trinajstić information content (AvgIpc) is 3.16. The highest BCUT2D eigenvalue weighted by atomic mass is 16.5. The van der Waals surface area contributed by atoms with Crippen LogP contribution >= 0.6 is 0 Å². The summed E-state index contributed by atoms with van der Waals surface area (Å²) in [6.07, 6.45) is 2.00. The highest BCUT2D eigenvalue weighted by Gasteiger charge is 2.32. The number of ether oxygens (including phenoxy) is 1. The van der Waals surface area contributed by atoms with Gasteiger partial charge in [0.25, 0.3) is 5.91 Å². The highest BCUT2D eigenvalue weighted by molar-refractivity contribution is 5.94. The van der Waals surface area contributed by atoms with Gasteiger partial charge >= 0.3 is 5.97 Å². The van der Waals surface area contributed by atoms with Crippen LogP contribution in [-0.2, 0) is 14.3 Å². The third kappa shape index (κ3) is 3.42. The lowest BCUT2D eigenvalue weighted by atomic mass is 10.1. The molecule has 0 aliphatic carbocycles. The molecule has 7 heteroatoms. The molecule has 0 spiro atoms. The zero-order chi connectivity index (χ0) is 15.4. The van der Waals surface area contributed by atoms with Crippen LogP contribution in [0, 0.1) is 5.92 Å². The minimum atomic E-state index is -0.350. The fraction of sp³-hybridized carbons (Fsp3) is 0.500. The SMILES string of the molecule is COC(=O)C1CCN(C(=O)CN(C)C(=O)c2ccco2)C1. The Balaban J connectivity index is 1.87. The number of carbonyl (C=O) groups is 3. The summed E-state index contributed by atoms with van der Waals surface area (Å²) in [6.45, 7) is 0.795. The fourth-order valence-corrected chi connectivity index (χ4v) is 2.31. The molecule has 1 saturated heterocycles. The Hall–Kier alpha value is -2.31. The first-order valence-electron chi connectivity index (χ1n) is 6.67. The van der Waals surface area contributed by atoms with Crippen molar-refractivity contribution in [3.63, 3.8) is 0 Å². The van der Waals surface area contributed by atoms with Crippen LogP contribution < -0.4 is 0 Å². The van der Waals surface area contributed by atoms with Gasteiger partial charge in [-0.3, -0.25) is 14.4 Å². The van der Waals surface area contributed by atoms with E-state index < -0.39 is 0 Å². The first-order valence-corrected chi connectivity index (χ1v) is 6.67. The lowest BCUT2D eigenvalue weighted by Crippen LogP contribution is -2.40. The molecule has 1 fully saturated rings. The zero-order valence-electron chi connectivity index (χ0n) is 12.1. The van der Waals surface area contributed by atoms with E-state index in [1.165, 1.54) is 25.3 Å². The second-order valence-electron chi connectivity index (χ2n) is 4.99. The van der Waals surface area contributed by atoms with Gasteiger partial charge in [-0.1, -0.05) is 0 Å².